The Bertz CT molecular complexity index is 496. The molecule has 2 nitrogen and oxygen atoms in total. The molecule has 1 aliphatic rings. The van der Waals surface area contributed by atoms with Crippen LogP contribution in [-0.4, -0.2) is 6.61 Å². The largest absolute Gasteiger partial charge is 0.493 e. The van der Waals surface area contributed by atoms with Crippen molar-refractivity contribution in [2.75, 3.05) is 6.61 Å². The van der Waals surface area contributed by atoms with E-state index in [1.54, 1.807) is 6.26 Å². The van der Waals surface area contributed by atoms with E-state index in [0.29, 0.717) is 0 Å². The van der Waals surface area contributed by atoms with E-state index in [4.69, 9.17) is 9.15 Å². The molecule has 78 valence electrons. The van der Waals surface area contributed by atoms with Crippen molar-refractivity contribution < 1.29 is 9.15 Å². The van der Waals surface area contributed by atoms with Crippen LogP contribution in [0.3, 0.4) is 0 Å². The Hall–Kier alpha value is -1.44. The molecule has 0 unspecified atom stereocenters. The molecule has 0 fully saturated rings. The third-order valence-electron chi connectivity index (χ3n) is 3.01. The number of rotatable bonds is 2. The van der Waals surface area contributed by atoms with E-state index in [9.17, 15) is 0 Å². The van der Waals surface area contributed by atoms with Crippen LogP contribution in [0.2, 0.25) is 0 Å². The van der Waals surface area contributed by atoms with Gasteiger partial charge in [-0.05, 0) is 18.6 Å². The monoisotopic (exact) mass is 202 g/mol. The van der Waals surface area contributed by atoms with E-state index < -0.39 is 0 Å². The summed E-state index contributed by atoms with van der Waals surface area (Å²) in [5.74, 6) is 1.12. The predicted octanol–water partition coefficient (Wildman–Crippen LogP) is 3.32. The van der Waals surface area contributed by atoms with Crippen LogP contribution in [-0.2, 0) is 12.8 Å². The van der Waals surface area contributed by atoms with Gasteiger partial charge in [0.15, 0.2) is 0 Å². The van der Waals surface area contributed by atoms with Crippen molar-refractivity contribution in [3.05, 3.63) is 29.5 Å². The number of furan rings is 1. The standard InChI is InChI=1S/C13H14O2/c1-2-3-11-10-5-7-14-12(10)8-9-4-6-15-13(9)11/h5,7-8H,2-4,6H2,1H3. The van der Waals surface area contributed by atoms with Crippen molar-refractivity contribution in [2.45, 2.75) is 26.2 Å². The fourth-order valence-electron chi connectivity index (χ4n) is 2.35. The Kier molecular flexibility index (Phi) is 1.94. The SMILES string of the molecule is CCCc1c2c(cc3occc13)CCO2. The summed E-state index contributed by atoms with van der Waals surface area (Å²) in [4.78, 5) is 0. The highest BCUT2D eigenvalue weighted by Crippen LogP contribution is 2.37. The lowest BCUT2D eigenvalue weighted by molar-refractivity contribution is 0.353. The van der Waals surface area contributed by atoms with Crippen LogP contribution < -0.4 is 4.74 Å². The van der Waals surface area contributed by atoms with Crippen LogP contribution in [0.15, 0.2) is 22.8 Å². The molecule has 1 aliphatic heterocycles. The summed E-state index contributed by atoms with van der Waals surface area (Å²) in [6.45, 7) is 3.01. The minimum Gasteiger partial charge on any atom is -0.493 e. The maximum Gasteiger partial charge on any atom is 0.134 e. The topological polar surface area (TPSA) is 22.4 Å². The lowest BCUT2D eigenvalue weighted by Gasteiger charge is -2.08. The smallest absolute Gasteiger partial charge is 0.134 e. The normalized spacial score (nSPS) is 14.2. The summed E-state index contributed by atoms with van der Waals surface area (Å²) >= 11 is 0. The maximum atomic E-state index is 5.72. The zero-order valence-corrected chi connectivity index (χ0v) is 8.88. The van der Waals surface area contributed by atoms with Crippen LogP contribution >= 0.6 is 0 Å². The minimum absolute atomic E-state index is 0.818. The van der Waals surface area contributed by atoms with Gasteiger partial charge in [0.05, 0.1) is 12.9 Å². The summed E-state index contributed by atoms with van der Waals surface area (Å²) in [7, 11) is 0. The quantitative estimate of drug-likeness (QED) is 0.745. The number of fused-ring (bicyclic) bond motifs is 2. The summed E-state index contributed by atoms with van der Waals surface area (Å²) in [5, 5.41) is 1.22. The lowest BCUT2D eigenvalue weighted by atomic mass is 10.0. The molecule has 1 aromatic carbocycles. The minimum atomic E-state index is 0.818. The van der Waals surface area contributed by atoms with Gasteiger partial charge in [-0.1, -0.05) is 13.3 Å². The Morgan fingerprint density at radius 1 is 1.40 bits per heavy atom. The van der Waals surface area contributed by atoms with Gasteiger partial charge in [0, 0.05) is 22.9 Å². The second-order valence-corrected chi connectivity index (χ2v) is 4.02. The van der Waals surface area contributed by atoms with Crippen molar-refractivity contribution in [3.8, 4) is 5.75 Å². The van der Waals surface area contributed by atoms with Crippen molar-refractivity contribution >= 4 is 11.0 Å². The van der Waals surface area contributed by atoms with Crippen LogP contribution in [0.25, 0.3) is 11.0 Å². The van der Waals surface area contributed by atoms with Gasteiger partial charge in [-0.3, -0.25) is 0 Å². The molecule has 2 heteroatoms. The van der Waals surface area contributed by atoms with Crippen LogP contribution in [0.5, 0.6) is 5.75 Å². The molecule has 0 atom stereocenters. The number of hydrogen-bond donors (Lipinski definition) is 0. The number of benzene rings is 1. The van der Waals surface area contributed by atoms with Gasteiger partial charge in [0.2, 0.25) is 0 Å². The zero-order valence-electron chi connectivity index (χ0n) is 8.88. The fraction of sp³-hybridized carbons (Fsp3) is 0.385. The highest BCUT2D eigenvalue weighted by atomic mass is 16.5. The van der Waals surface area contributed by atoms with E-state index in [0.717, 1.165) is 37.2 Å². The number of aryl methyl sites for hydroxylation is 1. The third kappa shape index (κ3) is 1.24. The highest BCUT2D eigenvalue weighted by molar-refractivity contribution is 5.85. The maximum absolute atomic E-state index is 5.72. The molecule has 0 aliphatic carbocycles. The van der Waals surface area contributed by atoms with Gasteiger partial charge in [0.25, 0.3) is 0 Å². The molecule has 0 N–H and O–H groups in total. The molecule has 0 radical (unpaired) electrons. The first-order valence-electron chi connectivity index (χ1n) is 5.55. The molecule has 3 rings (SSSR count). The molecule has 1 aromatic heterocycles. The van der Waals surface area contributed by atoms with Gasteiger partial charge in [-0.2, -0.15) is 0 Å². The van der Waals surface area contributed by atoms with Crippen molar-refractivity contribution in [1.82, 2.24) is 0 Å². The van der Waals surface area contributed by atoms with Crippen molar-refractivity contribution in [1.29, 1.82) is 0 Å². The second-order valence-electron chi connectivity index (χ2n) is 4.02. The van der Waals surface area contributed by atoms with E-state index >= 15 is 0 Å². The van der Waals surface area contributed by atoms with Crippen molar-refractivity contribution in [2.24, 2.45) is 0 Å². The Labute approximate surface area is 88.8 Å². The molecule has 0 saturated carbocycles. The fourth-order valence-corrected chi connectivity index (χ4v) is 2.35. The molecule has 0 bridgehead atoms. The average molecular weight is 202 g/mol. The molecular weight excluding hydrogens is 188 g/mol. The van der Waals surface area contributed by atoms with Gasteiger partial charge >= 0.3 is 0 Å². The van der Waals surface area contributed by atoms with Gasteiger partial charge < -0.3 is 9.15 Å². The molecular formula is C13H14O2. The van der Waals surface area contributed by atoms with Crippen molar-refractivity contribution in [3.63, 3.8) is 0 Å². The molecule has 15 heavy (non-hydrogen) atoms. The van der Waals surface area contributed by atoms with E-state index in [1.165, 1.54) is 16.5 Å². The second kappa shape index (κ2) is 3.30. The van der Waals surface area contributed by atoms with E-state index in [2.05, 4.69) is 13.0 Å². The summed E-state index contributed by atoms with van der Waals surface area (Å²) < 4.78 is 11.2. The number of ether oxygens (including phenoxy) is 1. The first-order valence-corrected chi connectivity index (χ1v) is 5.55. The Morgan fingerprint density at radius 2 is 2.33 bits per heavy atom. The summed E-state index contributed by atoms with van der Waals surface area (Å²) in [5.41, 5.74) is 3.64. The Balaban J connectivity index is 2.29. The van der Waals surface area contributed by atoms with Crippen LogP contribution in [0.4, 0.5) is 0 Å². The molecule has 0 amide bonds. The molecule has 2 heterocycles. The van der Waals surface area contributed by atoms with Gasteiger partial charge in [-0.15, -0.1) is 0 Å². The first kappa shape index (κ1) is 8.84. The molecule has 0 saturated heterocycles. The Morgan fingerprint density at radius 3 is 3.20 bits per heavy atom. The zero-order chi connectivity index (χ0) is 10.3. The van der Waals surface area contributed by atoms with Crippen LogP contribution in [0.1, 0.15) is 24.5 Å². The third-order valence-corrected chi connectivity index (χ3v) is 3.01. The average Bonchev–Trinajstić information content (AvgIpc) is 2.84. The summed E-state index contributed by atoms with van der Waals surface area (Å²) in [6.07, 6.45) is 4.99. The first-order chi connectivity index (χ1) is 7.40. The lowest BCUT2D eigenvalue weighted by Crippen LogP contribution is -1.92. The molecule has 2 aromatic rings. The van der Waals surface area contributed by atoms with E-state index in [1.807, 2.05) is 6.07 Å². The highest BCUT2D eigenvalue weighted by Gasteiger charge is 2.19. The predicted molar refractivity (Wildman–Crippen MR) is 59.4 cm³/mol. The van der Waals surface area contributed by atoms with Gasteiger partial charge in [0.1, 0.15) is 11.3 Å². The van der Waals surface area contributed by atoms with Crippen LogP contribution in [0, 0.1) is 0 Å². The number of hydrogen-bond acceptors (Lipinski definition) is 2. The van der Waals surface area contributed by atoms with E-state index in [-0.39, 0.29) is 0 Å². The molecule has 0 spiro atoms. The summed E-state index contributed by atoms with van der Waals surface area (Å²) in [6, 6.07) is 4.17. The van der Waals surface area contributed by atoms with Gasteiger partial charge in [-0.25, -0.2) is 0 Å².